The topological polar surface area (TPSA) is 0 Å². The van der Waals surface area contributed by atoms with E-state index in [0.717, 1.165) is 0 Å². The minimum atomic E-state index is -1.48. The summed E-state index contributed by atoms with van der Waals surface area (Å²) in [6.45, 7) is 0. The van der Waals surface area contributed by atoms with Crippen LogP contribution in [0.3, 0.4) is 0 Å². The molecular formula is Cl3Mn. The van der Waals surface area contributed by atoms with Crippen LogP contribution in [0.4, 0.5) is 0 Å². The maximum absolute atomic E-state index is 4.91. The van der Waals surface area contributed by atoms with Gasteiger partial charge in [0.25, 0.3) is 0 Å². The standard InChI is InChI=1S/3ClH.Mn/h3*1H;/q;;;+3/p-3. The molecule has 0 fully saturated rings. The van der Waals surface area contributed by atoms with E-state index in [9.17, 15) is 0 Å². The van der Waals surface area contributed by atoms with Gasteiger partial charge in [-0.3, -0.25) is 0 Å². The number of hydrogen-bond donors (Lipinski definition) is 0. The van der Waals surface area contributed by atoms with E-state index in [1.807, 2.05) is 0 Å². The molecule has 0 radical (unpaired) electrons. The van der Waals surface area contributed by atoms with Crippen molar-refractivity contribution in [1.82, 2.24) is 0 Å². The summed E-state index contributed by atoms with van der Waals surface area (Å²) in [6.07, 6.45) is 0. The molecule has 28 valence electrons. The predicted molar refractivity (Wildman–Crippen MR) is 17.6 cm³/mol. The Morgan fingerprint density at radius 2 is 1.00 bits per heavy atom. The van der Waals surface area contributed by atoms with Crippen molar-refractivity contribution in [3.8, 4) is 0 Å². The number of hydrogen-bond acceptors (Lipinski definition) is 0. The van der Waals surface area contributed by atoms with Crippen LogP contribution in [0.1, 0.15) is 0 Å². The van der Waals surface area contributed by atoms with Crippen molar-refractivity contribution in [3.05, 3.63) is 0 Å². The van der Waals surface area contributed by atoms with Crippen LogP contribution in [0.15, 0.2) is 0 Å². The van der Waals surface area contributed by atoms with Crippen molar-refractivity contribution >= 4 is 30.3 Å². The first kappa shape index (κ1) is 5.39. The molecule has 0 aliphatic heterocycles. The van der Waals surface area contributed by atoms with Crippen molar-refractivity contribution in [2.75, 3.05) is 0 Å². The van der Waals surface area contributed by atoms with Crippen molar-refractivity contribution < 1.29 is 11.2 Å². The molecule has 0 spiro atoms. The molecule has 0 aromatic heterocycles. The molecule has 4 heteroatoms. The molecule has 4 heavy (non-hydrogen) atoms. The van der Waals surface area contributed by atoms with Crippen LogP contribution in [0.2, 0.25) is 0 Å². The average Bonchev–Trinajstić information content (AvgIpc) is 0.811. The Hall–Kier alpha value is 1.39. The van der Waals surface area contributed by atoms with E-state index in [4.69, 9.17) is 30.3 Å². The molecule has 0 aromatic carbocycles. The zero-order valence-corrected chi connectivity index (χ0v) is 4.96. The van der Waals surface area contributed by atoms with Gasteiger partial charge in [0.15, 0.2) is 0 Å². The van der Waals surface area contributed by atoms with Crippen LogP contribution < -0.4 is 0 Å². The van der Waals surface area contributed by atoms with Crippen molar-refractivity contribution in [2.24, 2.45) is 0 Å². The van der Waals surface area contributed by atoms with Crippen LogP contribution >= 0.6 is 30.3 Å². The monoisotopic (exact) mass is 160 g/mol. The summed E-state index contributed by atoms with van der Waals surface area (Å²) < 4.78 is 0. The van der Waals surface area contributed by atoms with E-state index < -0.39 is 11.2 Å². The summed E-state index contributed by atoms with van der Waals surface area (Å²) in [5.41, 5.74) is 0. The second-order valence-electron chi connectivity index (χ2n) is 0.162. The molecule has 0 aromatic rings. The average molecular weight is 161 g/mol. The SMILES string of the molecule is [Cl][Mn]([Cl])[Cl]. The second-order valence-corrected chi connectivity index (χ2v) is 6.01. The Kier molecular flexibility index (Phi) is 3.53. The molecule has 0 unspecified atom stereocenters. The molecule has 0 bridgehead atoms. The Morgan fingerprint density at radius 3 is 1.00 bits per heavy atom. The Morgan fingerprint density at radius 1 is 1.00 bits per heavy atom. The van der Waals surface area contributed by atoms with Gasteiger partial charge in [-0.15, -0.1) is 0 Å². The van der Waals surface area contributed by atoms with Gasteiger partial charge in [-0.2, -0.15) is 0 Å². The summed E-state index contributed by atoms with van der Waals surface area (Å²) in [6, 6.07) is 0. The molecule has 0 aliphatic carbocycles. The van der Waals surface area contributed by atoms with Crippen molar-refractivity contribution in [3.63, 3.8) is 0 Å². The van der Waals surface area contributed by atoms with Gasteiger partial charge >= 0.3 is 41.5 Å². The third-order valence-corrected chi connectivity index (χ3v) is 0. The van der Waals surface area contributed by atoms with E-state index >= 15 is 0 Å². The van der Waals surface area contributed by atoms with Crippen molar-refractivity contribution in [2.45, 2.75) is 0 Å². The second kappa shape index (κ2) is 2.62. The fourth-order valence-electron chi connectivity index (χ4n) is 0. The summed E-state index contributed by atoms with van der Waals surface area (Å²) in [5.74, 6) is 0. The van der Waals surface area contributed by atoms with Gasteiger partial charge in [0, 0.05) is 0 Å². The molecule has 0 N–H and O–H groups in total. The Balaban J connectivity index is 2.32. The van der Waals surface area contributed by atoms with Gasteiger partial charge in [0.1, 0.15) is 0 Å². The Labute approximate surface area is 41.6 Å². The summed E-state index contributed by atoms with van der Waals surface area (Å²) in [7, 11) is 14.7. The Bertz CT molecular complexity index is 8.00. The van der Waals surface area contributed by atoms with Crippen LogP contribution in [0.25, 0.3) is 0 Å². The van der Waals surface area contributed by atoms with E-state index in [-0.39, 0.29) is 0 Å². The molecule has 0 rings (SSSR count). The number of halogens is 3. The predicted octanol–water partition coefficient (Wildman–Crippen LogP) is 2.07. The molecule has 0 saturated carbocycles. The molecule has 0 saturated heterocycles. The van der Waals surface area contributed by atoms with Gasteiger partial charge in [-0.25, -0.2) is 0 Å². The van der Waals surface area contributed by atoms with E-state index in [0.29, 0.717) is 0 Å². The number of rotatable bonds is 0. The van der Waals surface area contributed by atoms with Gasteiger partial charge < -0.3 is 0 Å². The molecular weight excluding hydrogens is 161 g/mol. The fourth-order valence-corrected chi connectivity index (χ4v) is 0. The van der Waals surface area contributed by atoms with Crippen molar-refractivity contribution in [1.29, 1.82) is 0 Å². The van der Waals surface area contributed by atoms with Gasteiger partial charge in [-0.1, -0.05) is 0 Å². The van der Waals surface area contributed by atoms with Crippen LogP contribution in [-0.2, 0) is 11.2 Å². The quantitative estimate of drug-likeness (QED) is 0.477. The van der Waals surface area contributed by atoms with E-state index in [1.165, 1.54) is 0 Å². The van der Waals surface area contributed by atoms with Gasteiger partial charge in [0.05, 0.1) is 0 Å². The first-order valence-electron chi connectivity index (χ1n) is 0.429. The third kappa shape index (κ3) is 10.0. The minimum absolute atomic E-state index is 1.48. The van der Waals surface area contributed by atoms with Crippen LogP contribution in [-0.4, -0.2) is 0 Å². The summed E-state index contributed by atoms with van der Waals surface area (Å²) in [4.78, 5) is 0. The normalized spacial score (nSPS) is 11.2. The van der Waals surface area contributed by atoms with Gasteiger partial charge in [-0.05, 0) is 0 Å². The van der Waals surface area contributed by atoms with Crippen LogP contribution in [0.5, 0.6) is 0 Å². The fraction of sp³-hybridized carbons (Fsp3) is 0. The first-order valence-corrected chi connectivity index (χ1v) is 5.30. The third-order valence-electron chi connectivity index (χ3n) is 0. The molecule has 0 aliphatic rings. The summed E-state index contributed by atoms with van der Waals surface area (Å²) >= 11 is -1.48. The van der Waals surface area contributed by atoms with Gasteiger partial charge in [0.2, 0.25) is 0 Å². The molecule has 0 nitrogen and oxygen atoms in total. The molecule has 0 heterocycles. The maximum atomic E-state index is 4.91. The zero-order valence-electron chi connectivity index (χ0n) is 1.51. The van der Waals surface area contributed by atoms with E-state index in [1.54, 1.807) is 0 Å². The summed E-state index contributed by atoms with van der Waals surface area (Å²) in [5, 5.41) is 0. The van der Waals surface area contributed by atoms with E-state index in [2.05, 4.69) is 0 Å². The van der Waals surface area contributed by atoms with Crippen LogP contribution in [0, 0.1) is 0 Å². The molecule has 0 amide bonds. The zero-order chi connectivity index (χ0) is 3.58. The first-order chi connectivity index (χ1) is 1.73. The molecule has 0 atom stereocenters.